The van der Waals surface area contributed by atoms with Gasteiger partial charge in [0, 0.05) is 49.9 Å². The molecule has 1 atom stereocenters. The largest absolute Gasteiger partial charge is 0.493 e. The molecule has 8 heteroatoms. The summed E-state index contributed by atoms with van der Waals surface area (Å²) in [5, 5.41) is 0. The van der Waals surface area contributed by atoms with Crippen LogP contribution < -0.4 is 4.74 Å². The van der Waals surface area contributed by atoms with Gasteiger partial charge in [0.25, 0.3) is 5.91 Å². The molecule has 2 aromatic rings. The number of piperidine rings is 1. The maximum Gasteiger partial charge on any atom is 0.255 e. The average Bonchev–Trinajstić information content (AvgIpc) is 2.84. The number of benzene rings is 1. The zero-order chi connectivity index (χ0) is 23.3. The second-order valence-electron chi connectivity index (χ2n) is 8.93. The van der Waals surface area contributed by atoms with Gasteiger partial charge in [0.2, 0.25) is 5.91 Å². The van der Waals surface area contributed by atoms with Crippen molar-refractivity contribution < 1.29 is 23.5 Å². The zero-order valence-corrected chi connectivity index (χ0v) is 19.0. The molecule has 1 aromatic heterocycles. The van der Waals surface area contributed by atoms with Crippen LogP contribution in [0.15, 0.2) is 42.6 Å². The lowest BCUT2D eigenvalue weighted by Gasteiger charge is -2.43. The van der Waals surface area contributed by atoms with Crippen LogP contribution in [-0.4, -0.2) is 72.6 Å². The van der Waals surface area contributed by atoms with Crippen LogP contribution in [0.4, 0.5) is 4.39 Å². The van der Waals surface area contributed by atoms with E-state index in [1.807, 2.05) is 17.9 Å². The summed E-state index contributed by atoms with van der Waals surface area (Å²) >= 11 is 0. The Labute approximate surface area is 193 Å². The minimum absolute atomic E-state index is 0.0484. The van der Waals surface area contributed by atoms with Gasteiger partial charge in [-0.2, -0.15) is 0 Å². The molecule has 33 heavy (non-hydrogen) atoms. The van der Waals surface area contributed by atoms with Gasteiger partial charge in [0.1, 0.15) is 11.6 Å². The third kappa shape index (κ3) is 5.87. The molecule has 1 unspecified atom stereocenters. The molecule has 2 saturated heterocycles. The lowest BCUT2D eigenvalue weighted by atomic mass is 9.77. The number of ether oxygens (including phenoxy) is 2. The molecule has 0 radical (unpaired) electrons. The molecule has 0 saturated carbocycles. The summed E-state index contributed by atoms with van der Waals surface area (Å²) in [6.45, 7) is 5.41. The second-order valence-corrected chi connectivity index (χ2v) is 8.93. The van der Waals surface area contributed by atoms with Gasteiger partial charge in [0.05, 0.1) is 25.4 Å². The van der Waals surface area contributed by atoms with E-state index in [2.05, 4.69) is 4.98 Å². The van der Waals surface area contributed by atoms with Crippen LogP contribution in [0.3, 0.4) is 0 Å². The second kappa shape index (κ2) is 10.3. The van der Waals surface area contributed by atoms with Crippen molar-refractivity contribution in [3.05, 3.63) is 59.7 Å². The molecule has 1 aromatic carbocycles. The molecular weight excluding hydrogens is 425 g/mol. The van der Waals surface area contributed by atoms with Crippen molar-refractivity contribution in [2.24, 2.45) is 5.41 Å². The van der Waals surface area contributed by atoms with Crippen LogP contribution in [0.5, 0.6) is 5.75 Å². The van der Waals surface area contributed by atoms with Gasteiger partial charge in [0.15, 0.2) is 0 Å². The summed E-state index contributed by atoms with van der Waals surface area (Å²) in [5.41, 5.74) is 0.856. The highest BCUT2D eigenvalue weighted by atomic mass is 19.1. The summed E-state index contributed by atoms with van der Waals surface area (Å²) in [4.78, 5) is 34.2. The Morgan fingerprint density at radius 2 is 1.85 bits per heavy atom. The number of hydrogen-bond donors (Lipinski definition) is 0. The summed E-state index contributed by atoms with van der Waals surface area (Å²) < 4.78 is 24.7. The molecule has 7 nitrogen and oxygen atoms in total. The fraction of sp³-hybridized carbons (Fsp3) is 0.480. The number of morpholine rings is 1. The summed E-state index contributed by atoms with van der Waals surface area (Å²) in [6, 6.07) is 9.47. The van der Waals surface area contributed by atoms with Crippen LogP contribution in [0, 0.1) is 18.2 Å². The van der Waals surface area contributed by atoms with E-state index < -0.39 is 5.41 Å². The van der Waals surface area contributed by atoms with Crippen LogP contribution in [0.25, 0.3) is 0 Å². The minimum Gasteiger partial charge on any atom is -0.493 e. The zero-order valence-electron chi connectivity index (χ0n) is 19.0. The number of hydrogen-bond acceptors (Lipinski definition) is 5. The first-order chi connectivity index (χ1) is 15.9. The van der Waals surface area contributed by atoms with Crippen LogP contribution >= 0.6 is 0 Å². The van der Waals surface area contributed by atoms with E-state index in [1.54, 1.807) is 29.3 Å². The summed E-state index contributed by atoms with van der Waals surface area (Å²) in [6.07, 6.45) is 3.42. The fourth-order valence-corrected chi connectivity index (χ4v) is 4.48. The van der Waals surface area contributed by atoms with Crippen LogP contribution in [0.1, 0.15) is 35.3 Å². The Hall–Kier alpha value is -3.00. The molecule has 2 aliphatic rings. The van der Waals surface area contributed by atoms with Crippen molar-refractivity contribution in [2.75, 3.05) is 46.0 Å². The van der Waals surface area contributed by atoms with E-state index in [0.717, 1.165) is 18.5 Å². The quantitative estimate of drug-likeness (QED) is 0.670. The minimum atomic E-state index is -0.532. The Bertz CT molecular complexity index is 961. The van der Waals surface area contributed by atoms with E-state index in [9.17, 15) is 14.0 Å². The number of carbonyl (C=O) groups excluding carboxylic acids is 2. The van der Waals surface area contributed by atoms with Crippen LogP contribution in [-0.2, 0) is 9.53 Å². The first-order valence-corrected chi connectivity index (χ1v) is 11.4. The predicted octanol–water partition coefficient (Wildman–Crippen LogP) is 3.08. The smallest absolute Gasteiger partial charge is 0.255 e. The van der Waals surface area contributed by atoms with Crippen molar-refractivity contribution >= 4 is 11.8 Å². The molecule has 0 spiro atoms. The molecule has 0 aliphatic carbocycles. The fourth-order valence-electron chi connectivity index (χ4n) is 4.48. The molecule has 2 aliphatic heterocycles. The first-order valence-electron chi connectivity index (χ1n) is 11.4. The number of carbonyl (C=O) groups is 2. The van der Waals surface area contributed by atoms with E-state index in [4.69, 9.17) is 9.47 Å². The molecule has 2 amide bonds. The maximum absolute atomic E-state index is 13.3. The van der Waals surface area contributed by atoms with Crippen molar-refractivity contribution in [3.63, 3.8) is 0 Å². The third-order valence-corrected chi connectivity index (χ3v) is 6.36. The molecule has 0 bridgehead atoms. The number of pyridine rings is 1. The van der Waals surface area contributed by atoms with E-state index in [1.165, 1.54) is 12.1 Å². The molecule has 3 heterocycles. The van der Waals surface area contributed by atoms with Crippen molar-refractivity contribution in [3.8, 4) is 5.75 Å². The molecular formula is C25H30FN3O4. The summed E-state index contributed by atoms with van der Waals surface area (Å²) in [7, 11) is 0. The van der Waals surface area contributed by atoms with Gasteiger partial charge in [-0.25, -0.2) is 4.39 Å². The van der Waals surface area contributed by atoms with Crippen molar-refractivity contribution in [1.82, 2.24) is 14.8 Å². The van der Waals surface area contributed by atoms with Gasteiger partial charge in [-0.3, -0.25) is 14.6 Å². The van der Waals surface area contributed by atoms with Gasteiger partial charge < -0.3 is 19.3 Å². The van der Waals surface area contributed by atoms with Crippen molar-refractivity contribution in [2.45, 2.75) is 26.2 Å². The van der Waals surface area contributed by atoms with E-state index >= 15 is 0 Å². The van der Waals surface area contributed by atoms with Crippen LogP contribution in [0.2, 0.25) is 0 Å². The molecule has 0 N–H and O–H groups in total. The molecule has 176 valence electrons. The highest BCUT2D eigenvalue weighted by Crippen LogP contribution is 2.36. The Morgan fingerprint density at radius 3 is 2.55 bits per heavy atom. The highest BCUT2D eigenvalue weighted by Gasteiger charge is 2.41. The number of likely N-dealkylation sites (tertiary alicyclic amines) is 1. The number of nitrogens with zero attached hydrogens (tertiary/aromatic N) is 3. The number of halogens is 1. The lowest BCUT2D eigenvalue weighted by Crippen LogP contribution is -2.52. The number of aromatic nitrogens is 1. The van der Waals surface area contributed by atoms with Gasteiger partial charge in [-0.15, -0.1) is 0 Å². The van der Waals surface area contributed by atoms with Gasteiger partial charge in [-0.05, 0) is 56.2 Å². The average molecular weight is 456 g/mol. The third-order valence-electron chi connectivity index (χ3n) is 6.36. The number of rotatable bonds is 6. The highest BCUT2D eigenvalue weighted by molar-refractivity contribution is 5.94. The van der Waals surface area contributed by atoms with Gasteiger partial charge in [-0.1, -0.05) is 0 Å². The topological polar surface area (TPSA) is 72.0 Å². The monoisotopic (exact) mass is 455 g/mol. The maximum atomic E-state index is 13.3. The first kappa shape index (κ1) is 23.2. The number of aryl methyl sites for hydroxylation is 1. The van der Waals surface area contributed by atoms with E-state index in [-0.39, 0.29) is 30.7 Å². The Kier molecular flexibility index (Phi) is 7.23. The Morgan fingerprint density at radius 1 is 1.09 bits per heavy atom. The summed E-state index contributed by atoms with van der Waals surface area (Å²) in [5.74, 6) is 0.168. The Balaban J connectivity index is 1.52. The normalized spacial score (nSPS) is 21.0. The number of amides is 2. The molecule has 4 rings (SSSR count). The standard InChI is InChI=1S/C25H30FN3O4/c1-19-3-4-20(16-27-19)24(31)29-10-2-9-25(17-29,15-23(30)28-11-13-32-14-12-28)18-33-22-7-5-21(26)6-8-22/h3-8,16H,2,9-15,17-18H2,1H3. The SMILES string of the molecule is Cc1ccc(C(=O)N2CCCC(COc3ccc(F)cc3)(CC(=O)N3CCOCC3)C2)cn1. The molecule has 2 fully saturated rings. The van der Waals surface area contributed by atoms with Crippen molar-refractivity contribution in [1.29, 1.82) is 0 Å². The van der Waals surface area contributed by atoms with Gasteiger partial charge >= 0.3 is 0 Å². The van der Waals surface area contributed by atoms with E-state index in [0.29, 0.717) is 50.7 Å². The lowest BCUT2D eigenvalue weighted by molar-refractivity contribution is -0.139. The predicted molar refractivity (Wildman–Crippen MR) is 120 cm³/mol.